The molecule has 0 saturated carbocycles. The lowest BCUT2D eigenvalue weighted by atomic mass is 10.1. The Hall–Kier alpha value is -2.69. The van der Waals surface area contributed by atoms with E-state index in [1.54, 1.807) is 12.1 Å². The highest BCUT2D eigenvalue weighted by Crippen LogP contribution is 2.30. The number of hydrogen-bond donors (Lipinski definition) is 0. The van der Waals surface area contributed by atoms with Gasteiger partial charge >= 0.3 is 0 Å². The second-order valence-electron chi connectivity index (χ2n) is 5.30. The van der Waals surface area contributed by atoms with Crippen molar-refractivity contribution in [3.63, 3.8) is 0 Å². The standard InChI is InChI=1S/C17H18N2O3/c1-12-6-4-5-7-15(12)11-18(3)16-9-8-14(13(2)20)10-17(16)19(21)22/h4-10H,11H2,1-3H3. The molecular weight excluding hydrogens is 280 g/mol. The lowest BCUT2D eigenvalue weighted by molar-refractivity contribution is -0.384. The predicted octanol–water partition coefficient (Wildman–Crippen LogP) is 3.74. The average molecular weight is 298 g/mol. The van der Waals surface area contributed by atoms with E-state index in [9.17, 15) is 14.9 Å². The lowest BCUT2D eigenvalue weighted by Crippen LogP contribution is -2.18. The van der Waals surface area contributed by atoms with Crippen molar-refractivity contribution in [2.24, 2.45) is 0 Å². The van der Waals surface area contributed by atoms with Crippen LogP contribution >= 0.6 is 0 Å². The molecule has 0 heterocycles. The molecule has 0 unspecified atom stereocenters. The van der Waals surface area contributed by atoms with E-state index in [1.807, 2.05) is 43.1 Å². The summed E-state index contributed by atoms with van der Waals surface area (Å²) >= 11 is 0. The lowest BCUT2D eigenvalue weighted by Gasteiger charge is -2.20. The number of benzene rings is 2. The number of carbonyl (C=O) groups excluding carboxylic acids is 1. The normalized spacial score (nSPS) is 10.3. The molecule has 5 nitrogen and oxygen atoms in total. The Balaban J connectivity index is 2.37. The molecule has 0 spiro atoms. The molecule has 0 radical (unpaired) electrons. The van der Waals surface area contributed by atoms with E-state index in [0.717, 1.165) is 11.1 Å². The Bertz CT molecular complexity index is 726. The minimum atomic E-state index is -0.448. The van der Waals surface area contributed by atoms with Crippen LogP contribution in [0.3, 0.4) is 0 Å². The topological polar surface area (TPSA) is 63.5 Å². The minimum Gasteiger partial charge on any atom is -0.365 e. The van der Waals surface area contributed by atoms with Crippen molar-refractivity contribution < 1.29 is 9.72 Å². The molecule has 2 aromatic rings. The van der Waals surface area contributed by atoms with E-state index in [1.165, 1.54) is 13.0 Å². The van der Waals surface area contributed by atoms with Crippen LogP contribution in [0.5, 0.6) is 0 Å². The first-order valence-corrected chi connectivity index (χ1v) is 6.95. The van der Waals surface area contributed by atoms with Crippen LogP contribution in [-0.4, -0.2) is 17.8 Å². The van der Waals surface area contributed by atoms with Gasteiger partial charge in [-0.1, -0.05) is 24.3 Å². The SMILES string of the molecule is CC(=O)c1ccc(N(C)Cc2ccccc2C)c([N+](=O)[O-])c1. The molecule has 0 aliphatic heterocycles. The van der Waals surface area contributed by atoms with Crippen LogP contribution in [0.25, 0.3) is 0 Å². The molecule has 0 aromatic heterocycles. The Morgan fingerprint density at radius 2 is 1.91 bits per heavy atom. The maximum atomic E-state index is 11.4. The van der Waals surface area contributed by atoms with E-state index >= 15 is 0 Å². The highest BCUT2D eigenvalue weighted by molar-refractivity contribution is 5.95. The molecular formula is C17H18N2O3. The second kappa shape index (κ2) is 6.39. The molecule has 0 atom stereocenters. The van der Waals surface area contributed by atoms with Crippen molar-refractivity contribution >= 4 is 17.2 Å². The highest BCUT2D eigenvalue weighted by atomic mass is 16.6. The third-order valence-electron chi connectivity index (χ3n) is 3.66. The summed E-state index contributed by atoms with van der Waals surface area (Å²) < 4.78 is 0. The van der Waals surface area contributed by atoms with Crippen LogP contribution in [0.15, 0.2) is 42.5 Å². The van der Waals surface area contributed by atoms with Crippen LogP contribution in [0.2, 0.25) is 0 Å². The van der Waals surface area contributed by atoms with Gasteiger partial charge in [0.25, 0.3) is 5.69 Å². The van der Waals surface area contributed by atoms with Gasteiger partial charge in [-0.3, -0.25) is 14.9 Å². The monoisotopic (exact) mass is 298 g/mol. The summed E-state index contributed by atoms with van der Waals surface area (Å²) in [6.45, 7) is 3.97. The van der Waals surface area contributed by atoms with Crippen molar-refractivity contribution in [2.45, 2.75) is 20.4 Å². The molecule has 0 fully saturated rings. The molecule has 0 saturated heterocycles. The smallest absolute Gasteiger partial charge is 0.293 e. The molecule has 0 N–H and O–H groups in total. The van der Waals surface area contributed by atoms with Gasteiger partial charge in [-0.25, -0.2) is 0 Å². The number of nitrogens with zero attached hydrogens (tertiary/aromatic N) is 2. The average Bonchev–Trinajstić information content (AvgIpc) is 2.48. The minimum absolute atomic E-state index is 0.0521. The van der Waals surface area contributed by atoms with E-state index < -0.39 is 4.92 Å². The number of rotatable bonds is 5. The van der Waals surface area contributed by atoms with Gasteiger partial charge in [-0.05, 0) is 37.1 Å². The molecule has 2 rings (SSSR count). The number of aryl methyl sites for hydroxylation is 1. The fourth-order valence-corrected chi connectivity index (χ4v) is 2.34. The van der Waals surface area contributed by atoms with Gasteiger partial charge in [0.2, 0.25) is 0 Å². The molecule has 22 heavy (non-hydrogen) atoms. The zero-order valence-electron chi connectivity index (χ0n) is 12.9. The second-order valence-corrected chi connectivity index (χ2v) is 5.30. The van der Waals surface area contributed by atoms with E-state index in [2.05, 4.69) is 0 Å². The first-order valence-electron chi connectivity index (χ1n) is 6.95. The molecule has 0 aliphatic carbocycles. The maximum Gasteiger partial charge on any atom is 0.293 e. The van der Waals surface area contributed by atoms with E-state index in [-0.39, 0.29) is 11.5 Å². The van der Waals surface area contributed by atoms with Gasteiger partial charge in [0.1, 0.15) is 5.69 Å². The summed E-state index contributed by atoms with van der Waals surface area (Å²) in [6, 6.07) is 12.5. The third-order valence-corrected chi connectivity index (χ3v) is 3.66. The van der Waals surface area contributed by atoms with Crippen LogP contribution in [0, 0.1) is 17.0 Å². The van der Waals surface area contributed by atoms with Gasteiger partial charge in [0.05, 0.1) is 4.92 Å². The molecule has 114 valence electrons. The molecule has 0 bridgehead atoms. The fraction of sp³-hybridized carbons (Fsp3) is 0.235. The van der Waals surface area contributed by atoms with Crippen molar-refractivity contribution in [3.05, 3.63) is 69.3 Å². The quantitative estimate of drug-likeness (QED) is 0.479. The van der Waals surface area contributed by atoms with Gasteiger partial charge in [-0.2, -0.15) is 0 Å². The third kappa shape index (κ3) is 3.31. The number of Topliss-reactive ketones (excluding diaryl/α,β-unsaturated/α-hetero) is 1. The number of hydrogen-bond acceptors (Lipinski definition) is 4. The van der Waals surface area contributed by atoms with Crippen LogP contribution in [-0.2, 0) is 6.54 Å². The summed E-state index contributed by atoms with van der Waals surface area (Å²) in [5, 5.41) is 11.3. The Kier molecular flexibility index (Phi) is 4.56. The Morgan fingerprint density at radius 1 is 1.23 bits per heavy atom. The van der Waals surface area contributed by atoms with Crippen LogP contribution in [0.1, 0.15) is 28.4 Å². The van der Waals surface area contributed by atoms with Crippen molar-refractivity contribution in [1.82, 2.24) is 0 Å². The maximum absolute atomic E-state index is 11.4. The molecule has 5 heteroatoms. The van der Waals surface area contributed by atoms with Crippen molar-refractivity contribution in [1.29, 1.82) is 0 Å². The van der Waals surface area contributed by atoms with Gasteiger partial charge in [0, 0.05) is 25.2 Å². The number of anilines is 1. The first-order chi connectivity index (χ1) is 10.4. The summed E-state index contributed by atoms with van der Waals surface area (Å²) in [5.41, 5.74) is 3.04. The zero-order valence-corrected chi connectivity index (χ0v) is 12.9. The van der Waals surface area contributed by atoms with Crippen molar-refractivity contribution in [3.8, 4) is 0 Å². The van der Waals surface area contributed by atoms with Crippen molar-refractivity contribution in [2.75, 3.05) is 11.9 Å². The van der Waals surface area contributed by atoms with Gasteiger partial charge in [0.15, 0.2) is 5.78 Å². The Labute approximate surface area is 129 Å². The largest absolute Gasteiger partial charge is 0.365 e. The van der Waals surface area contributed by atoms with Crippen LogP contribution < -0.4 is 4.90 Å². The van der Waals surface area contributed by atoms with Gasteiger partial charge in [-0.15, -0.1) is 0 Å². The summed E-state index contributed by atoms with van der Waals surface area (Å²) in [4.78, 5) is 24.1. The molecule has 0 amide bonds. The zero-order chi connectivity index (χ0) is 16.3. The van der Waals surface area contributed by atoms with Gasteiger partial charge < -0.3 is 4.90 Å². The molecule has 0 aliphatic rings. The highest BCUT2D eigenvalue weighted by Gasteiger charge is 2.19. The van der Waals surface area contributed by atoms with E-state index in [4.69, 9.17) is 0 Å². The number of nitro groups is 1. The summed E-state index contributed by atoms with van der Waals surface area (Å²) in [7, 11) is 1.81. The number of ketones is 1. The first kappa shape index (κ1) is 15.7. The summed E-state index contributed by atoms with van der Waals surface area (Å²) in [5.74, 6) is -0.184. The predicted molar refractivity (Wildman–Crippen MR) is 86.4 cm³/mol. The molecule has 2 aromatic carbocycles. The van der Waals surface area contributed by atoms with E-state index in [0.29, 0.717) is 17.8 Å². The Morgan fingerprint density at radius 3 is 2.50 bits per heavy atom. The fourth-order valence-electron chi connectivity index (χ4n) is 2.34. The number of carbonyl (C=O) groups is 1. The van der Waals surface area contributed by atoms with Crippen LogP contribution in [0.4, 0.5) is 11.4 Å². The number of nitro benzene ring substituents is 1. The summed E-state index contributed by atoms with van der Waals surface area (Å²) in [6.07, 6.45) is 0.